The molecule has 0 unspecified atom stereocenters. The first-order chi connectivity index (χ1) is 16.1. The minimum atomic E-state index is -4.40. The second-order valence-electron chi connectivity index (χ2n) is 7.77. The fourth-order valence-electron chi connectivity index (χ4n) is 3.90. The molecule has 0 radical (unpaired) electrons. The molecule has 0 spiro atoms. The number of hydrogen-bond acceptors (Lipinski definition) is 3. The van der Waals surface area contributed by atoms with Crippen LogP contribution in [0.1, 0.15) is 52.1 Å². The van der Waals surface area contributed by atoms with Crippen molar-refractivity contribution in [1.82, 2.24) is 4.98 Å². The molecule has 4 rings (SSSR count). The molecule has 1 aliphatic rings. The van der Waals surface area contributed by atoms with Gasteiger partial charge >= 0.3 is 12.1 Å². The Morgan fingerprint density at radius 1 is 1.00 bits per heavy atom. The quantitative estimate of drug-likeness (QED) is 0.370. The molecule has 9 heteroatoms. The lowest BCUT2D eigenvalue weighted by molar-refractivity contribution is -0.137. The normalized spacial score (nSPS) is 13.9. The second kappa shape index (κ2) is 9.68. The highest BCUT2D eigenvalue weighted by Gasteiger charge is 2.30. The van der Waals surface area contributed by atoms with E-state index in [2.05, 4.69) is 4.98 Å². The van der Waals surface area contributed by atoms with Gasteiger partial charge in [-0.25, -0.2) is 9.78 Å². The largest absolute Gasteiger partial charge is 0.488 e. The van der Waals surface area contributed by atoms with E-state index < -0.39 is 17.7 Å². The number of carbonyl (C=O) groups is 1. The molecule has 176 valence electrons. The van der Waals surface area contributed by atoms with Crippen LogP contribution in [-0.2, 0) is 12.8 Å². The molecule has 1 aromatic heterocycles. The molecule has 2 aromatic carbocycles. The number of hydrogen-bond donors (Lipinski definition) is 1. The van der Waals surface area contributed by atoms with Crippen LogP contribution < -0.4 is 4.74 Å². The van der Waals surface area contributed by atoms with Gasteiger partial charge in [0, 0.05) is 10.6 Å². The number of alkyl halides is 3. The van der Waals surface area contributed by atoms with E-state index in [0.29, 0.717) is 34.9 Å². The van der Waals surface area contributed by atoms with Crippen molar-refractivity contribution in [2.45, 2.75) is 32.0 Å². The number of benzene rings is 2. The number of halogens is 5. The molecule has 0 fully saturated rings. The van der Waals surface area contributed by atoms with Gasteiger partial charge in [0.25, 0.3) is 0 Å². The van der Waals surface area contributed by atoms with Crippen LogP contribution in [0.25, 0.3) is 11.1 Å². The average molecular weight is 508 g/mol. The Bertz CT molecular complexity index is 1270. The first kappa shape index (κ1) is 24.1. The third-order valence-electron chi connectivity index (χ3n) is 5.52. The van der Waals surface area contributed by atoms with E-state index in [1.165, 1.54) is 18.2 Å². The SMILES string of the molecule is O=C(O)c1nc(C2=C(c3cc(Cl)ccc3OCc3ccc(C(F)(F)F)cc3)CCC2)ccc1Cl. The maximum absolute atomic E-state index is 12.8. The Morgan fingerprint density at radius 2 is 1.71 bits per heavy atom. The lowest BCUT2D eigenvalue weighted by Crippen LogP contribution is -2.05. The standard InChI is InChI=1S/C25H18Cl2F3NO3/c26-16-8-11-22(34-13-14-4-6-15(7-5-14)25(28,29)30)19(12-16)17-2-1-3-18(17)21-10-9-20(27)23(31-21)24(32)33/h4-12H,1-3,13H2,(H,32,33). The van der Waals surface area contributed by atoms with Crippen molar-refractivity contribution in [3.8, 4) is 5.75 Å². The predicted molar refractivity (Wildman–Crippen MR) is 124 cm³/mol. The van der Waals surface area contributed by atoms with Crippen LogP contribution in [0.2, 0.25) is 10.0 Å². The van der Waals surface area contributed by atoms with Gasteiger partial charge in [-0.05, 0) is 78.4 Å². The highest BCUT2D eigenvalue weighted by molar-refractivity contribution is 6.33. The Morgan fingerprint density at radius 3 is 2.38 bits per heavy atom. The Hall–Kier alpha value is -3.03. The maximum Gasteiger partial charge on any atom is 0.416 e. The number of allylic oxidation sites excluding steroid dienone is 2. The van der Waals surface area contributed by atoms with Crippen molar-refractivity contribution in [3.05, 3.63) is 92.7 Å². The van der Waals surface area contributed by atoms with Gasteiger partial charge < -0.3 is 9.84 Å². The first-order valence-corrected chi connectivity index (χ1v) is 11.1. The molecule has 34 heavy (non-hydrogen) atoms. The Balaban J connectivity index is 1.66. The lowest BCUT2D eigenvalue weighted by Gasteiger charge is -2.15. The minimum Gasteiger partial charge on any atom is -0.488 e. The molecular formula is C25H18Cl2F3NO3. The number of pyridine rings is 1. The molecule has 0 bridgehead atoms. The summed E-state index contributed by atoms with van der Waals surface area (Å²) in [6, 6.07) is 13.1. The van der Waals surface area contributed by atoms with Gasteiger partial charge in [-0.1, -0.05) is 35.3 Å². The zero-order valence-corrected chi connectivity index (χ0v) is 19.1. The summed E-state index contributed by atoms with van der Waals surface area (Å²) in [6.45, 7) is 0.0672. The number of nitrogens with zero attached hydrogens (tertiary/aromatic N) is 1. The summed E-state index contributed by atoms with van der Waals surface area (Å²) in [5.41, 5.74) is 2.70. The monoisotopic (exact) mass is 507 g/mol. The molecule has 0 amide bonds. The fourth-order valence-corrected chi connectivity index (χ4v) is 4.26. The van der Waals surface area contributed by atoms with Crippen molar-refractivity contribution in [3.63, 3.8) is 0 Å². The summed E-state index contributed by atoms with van der Waals surface area (Å²) in [5.74, 6) is -0.693. The summed E-state index contributed by atoms with van der Waals surface area (Å²) in [7, 11) is 0. The topological polar surface area (TPSA) is 59.4 Å². The smallest absolute Gasteiger partial charge is 0.416 e. The summed E-state index contributed by atoms with van der Waals surface area (Å²) in [4.78, 5) is 15.7. The lowest BCUT2D eigenvalue weighted by atomic mass is 9.98. The van der Waals surface area contributed by atoms with Crippen LogP contribution in [0.5, 0.6) is 5.75 Å². The van der Waals surface area contributed by atoms with E-state index in [4.69, 9.17) is 27.9 Å². The molecule has 1 aliphatic carbocycles. The summed E-state index contributed by atoms with van der Waals surface area (Å²) in [5, 5.41) is 9.92. The van der Waals surface area contributed by atoms with Crippen LogP contribution in [0.4, 0.5) is 13.2 Å². The van der Waals surface area contributed by atoms with Crippen LogP contribution >= 0.6 is 23.2 Å². The van der Waals surface area contributed by atoms with Gasteiger partial charge in [0.05, 0.1) is 16.3 Å². The van der Waals surface area contributed by atoms with Crippen LogP contribution in [-0.4, -0.2) is 16.1 Å². The van der Waals surface area contributed by atoms with E-state index >= 15 is 0 Å². The van der Waals surface area contributed by atoms with Crippen molar-refractivity contribution in [1.29, 1.82) is 0 Å². The average Bonchev–Trinajstić information content (AvgIpc) is 3.28. The summed E-state index contributed by atoms with van der Waals surface area (Å²) >= 11 is 12.2. The van der Waals surface area contributed by atoms with Crippen LogP contribution in [0, 0.1) is 0 Å². The zero-order valence-electron chi connectivity index (χ0n) is 17.6. The highest BCUT2D eigenvalue weighted by atomic mass is 35.5. The van der Waals surface area contributed by atoms with Crippen LogP contribution in [0.3, 0.4) is 0 Å². The van der Waals surface area contributed by atoms with Gasteiger partial charge in [-0.3, -0.25) is 0 Å². The number of ether oxygens (including phenoxy) is 1. The first-order valence-electron chi connectivity index (χ1n) is 10.3. The number of carboxylic acids is 1. The molecule has 1 heterocycles. The molecular weight excluding hydrogens is 490 g/mol. The van der Waals surface area contributed by atoms with E-state index in [9.17, 15) is 23.1 Å². The number of aromatic nitrogens is 1. The molecule has 0 atom stereocenters. The molecule has 4 nitrogen and oxygen atoms in total. The number of carboxylic acid groups (broad SMARTS) is 1. The maximum atomic E-state index is 12.8. The van der Waals surface area contributed by atoms with Crippen molar-refractivity contribution in [2.75, 3.05) is 0 Å². The van der Waals surface area contributed by atoms with Crippen molar-refractivity contribution in [2.24, 2.45) is 0 Å². The van der Waals surface area contributed by atoms with Gasteiger partial charge in [-0.15, -0.1) is 0 Å². The molecule has 0 saturated heterocycles. The summed E-state index contributed by atoms with van der Waals surface area (Å²) in [6.07, 6.45) is -2.17. The summed E-state index contributed by atoms with van der Waals surface area (Å²) < 4.78 is 44.4. The van der Waals surface area contributed by atoms with E-state index in [1.54, 1.807) is 24.3 Å². The molecule has 0 aliphatic heterocycles. The van der Waals surface area contributed by atoms with E-state index in [1.807, 2.05) is 0 Å². The van der Waals surface area contributed by atoms with Gasteiger partial charge in [0.15, 0.2) is 5.69 Å². The highest BCUT2D eigenvalue weighted by Crippen LogP contribution is 2.43. The van der Waals surface area contributed by atoms with Crippen LogP contribution in [0.15, 0.2) is 54.6 Å². The third kappa shape index (κ3) is 5.21. The minimum absolute atomic E-state index is 0.0553. The number of aromatic carboxylic acids is 1. The molecule has 0 saturated carbocycles. The Labute approximate surface area is 203 Å². The van der Waals surface area contributed by atoms with Crippen molar-refractivity contribution < 1.29 is 27.8 Å². The van der Waals surface area contributed by atoms with E-state index in [-0.39, 0.29) is 17.3 Å². The predicted octanol–water partition coefficient (Wildman–Crippen LogP) is 7.78. The zero-order chi connectivity index (χ0) is 24.5. The molecule has 3 aromatic rings. The van der Waals surface area contributed by atoms with Crippen molar-refractivity contribution >= 4 is 40.3 Å². The molecule has 1 N–H and O–H groups in total. The third-order valence-corrected chi connectivity index (χ3v) is 6.06. The van der Waals surface area contributed by atoms with E-state index in [0.717, 1.165) is 35.3 Å². The fraction of sp³-hybridized carbons (Fsp3) is 0.200. The number of rotatable bonds is 6. The van der Waals surface area contributed by atoms with Gasteiger partial charge in [-0.2, -0.15) is 13.2 Å². The van der Waals surface area contributed by atoms with Gasteiger partial charge in [0.2, 0.25) is 0 Å². The van der Waals surface area contributed by atoms with Gasteiger partial charge in [0.1, 0.15) is 12.4 Å². The second-order valence-corrected chi connectivity index (χ2v) is 8.61. The Kier molecular flexibility index (Phi) is 6.86.